The third kappa shape index (κ3) is 3.28. The Balaban J connectivity index is 2.23. The van der Waals surface area contributed by atoms with E-state index in [1.807, 2.05) is 6.92 Å². The number of ketones is 1. The van der Waals surface area contributed by atoms with Crippen molar-refractivity contribution in [2.75, 3.05) is 13.7 Å². The van der Waals surface area contributed by atoms with Gasteiger partial charge >= 0.3 is 0 Å². The molecule has 0 aliphatic rings. The SMILES string of the molecule is CCCOc1cncc(C(=O)c2cc(OC)ncn2)c1. The van der Waals surface area contributed by atoms with Crippen molar-refractivity contribution >= 4 is 5.78 Å². The van der Waals surface area contributed by atoms with Gasteiger partial charge in [0.25, 0.3) is 0 Å². The maximum Gasteiger partial charge on any atom is 0.216 e. The fourth-order valence-corrected chi connectivity index (χ4v) is 1.57. The molecule has 0 aromatic carbocycles. The lowest BCUT2D eigenvalue weighted by Crippen LogP contribution is -2.06. The van der Waals surface area contributed by atoms with Crippen molar-refractivity contribution in [3.8, 4) is 11.6 Å². The van der Waals surface area contributed by atoms with E-state index in [4.69, 9.17) is 9.47 Å². The predicted molar refractivity (Wildman–Crippen MR) is 72.0 cm³/mol. The number of carbonyl (C=O) groups is 1. The second kappa shape index (κ2) is 6.60. The van der Waals surface area contributed by atoms with Crippen molar-refractivity contribution in [1.29, 1.82) is 0 Å². The molecule has 0 spiro atoms. The summed E-state index contributed by atoms with van der Waals surface area (Å²) >= 11 is 0. The van der Waals surface area contributed by atoms with E-state index in [1.54, 1.807) is 12.3 Å². The Labute approximate surface area is 116 Å². The van der Waals surface area contributed by atoms with Crippen LogP contribution in [0.1, 0.15) is 29.4 Å². The second-order valence-electron chi connectivity index (χ2n) is 4.03. The summed E-state index contributed by atoms with van der Waals surface area (Å²) in [5, 5.41) is 0. The first-order chi connectivity index (χ1) is 9.74. The van der Waals surface area contributed by atoms with Gasteiger partial charge in [-0.15, -0.1) is 0 Å². The molecule has 20 heavy (non-hydrogen) atoms. The van der Waals surface area contributed by atoms with Crippen LogP contribution >= 0.6 is 0 Å². The van der Waals surface area contributed by atoms with Crippen molar-refractivity contribution in [1.82, 2.24) is 15.0 Å². The Morgan fingerprint density at radius 3 is 2.85 bits per heavy atom. The molecule has 0 unspecified atom stereocenters. The average molecular weight is 273 g/mol. The monoisotopic (exact) mass is 273 g/mol. The zero-order valence-corrected chi connectivity index (χ0v) is 11.4. The molecule has 0 aliphatic carbocycles. The van der Waals surface area contributed by atoms with Crippen molar-refractivity contribution in [3.05, 3.63) is 42.1 Å². The van der Waals surface area contributed by atoms with Crippen LogP contribution in [0.5, 0.6) is 11.6 Å². The molecular formula is C14H15N3O3. The van der Waals surface area contributed by atoms with Gasteiger partial charge in [-0.05, 0) is 12.5 Å². The molecule has 6 nitrogen and oxygen atoms in total. The molecule has 2 aromatic heterocycles. The summed E-state index contributed by atoms with van der Waals surface area (Å²) in [5.74, 6) is 0.661. The zero-order valence-electron chi connectivity index (χ0n) is 11.4. The van der Waals surface area contributed by atoms with Gasteiger partial charge in [-0.2, -0.15) is 0 Å². The molecule has 2 rings (SSSR count). The van der Waals surface area contributed by atoms with Gasteiger partial charge in [-0.1, -0.05) is 6.92 Å². The molecule has 0 bridgehead atoms. The molecule has 0 aliphatic heterocycles. The molecule has 0 N–H and O–H groups in total. The number of ether oxygens (including phenoxy) is 2. The molecule has 2 heterocycles. The van der Waals surface area contributed by atoms with Crippen LogP contribution in [-0.4, -0.2) is 34.5 Å². The number of carbonyl (C=O) groups excluding carboxylic acids is 1. The van der Waals surface area contributed by atoms with Gasteiger partial charge < -0.3 is 9.47 Å². The minimum absolute atomic E-state index is 0.250. The summed E-state index contributed by atoms with van der Waals surface area (Å²) in [6.07, 6.45) is 5.24. The lowest BCUT2D eigenvalue weighted by atomic mass is 10.1. The maximum absolute atomic E-state index is 12.3. The molecule has 0 saturated carbocycles. The molecule has 0 atom stereocenters. The van der Waals surface area contributed by atoms with Crippen LogP contribution in [0.15, 0.2) is 30.9 Å². The van der Waals surface area contributed by atoms with E-state index in [1.165, 1.54) is 25.7 Å². The van der Waals surface area contributed by atoms with Crippen molar-refractivity contribution in [2.24, 2.45) is 0 Å². The van der Waals surface area contributed by atoms with Gasteiger partial charge in [-0.3, -0.25) is 9.78 Å². The highest BCUT2D eigenvalue weighted by Crippen LogP contribution is 2.16. The lowest BCUT2D eigenvalue weighted by molar-refractivity contribution is 0.103. The molecule has 0 fully saturated rings. The number of hydrogen-bond acceptors (Lipinski definition) is 6. The van der Waals surface area contributed by atoms with E-state index in [2.05, 4.69) is 15.0 Å². The summed E-state index contributed by atoms with van der Waals surface area (Å²) in [6, 6.07) is 3.14. The number of hydrogen-bond donors (Lipinski definition) is 0. The summed E-state index contributed by atoms with van der Waals surface area (Å²) in [6.45, 7) is 2.59. The van der Waals surface area contributed by atoms with Crippen molar-refractivity contribution in [3.63, 3.8) is 0 Å². The van der Waals surface area contributed by atoms with Gasteiger partial charge in [0, 0.05) is 17.8 Å². The Bertz CT molecular complexity index is 602. The first-order valence-electron chi connectivity index (χ1n) is 6.23. The summed E-state index contributed by atoms with van der Waals surface area (Å²) in [7, 11) is 1.48. The zero-order chi connectivity index (χ0) is 14.4. The van der Waals surface area contributed by atoms with Crippen LogP contribution in [0.2, 0.25) is 0 Å². The minimum Gasteiger partial charge on any atom is -0.492 e. The molecule has 6 heteroatoms. The first kappa shape index (κ1) is 13.9. The predicted octanol–water partition coefficient (Wildman–Crippen LogP) is 1.90. The van der Waals surface area contributed by atoms with Gasteiger partial charge in [0.1, 0.15) is 17.8 Å². The van der Waals surface area contributed by atoms with E-state index in [0.717, 1.165) is 6.42 Å². The van der Waals surface area contributed by atoms with Crippen LogP contribution in [-0.2, 0) is 0 Å². The highest BCUT2D eigenvalue weighted by Gasteiger charge is 2.13. The summed E-state index contributed by atoms with van der Waals surface area (Å²) < 4.78 is 10.4. The van der Waals surface area contributed by atoms with E-state index in [9.17, 15) is 4.79 Å². The quantitative estimate of drug-likeness (QED) is 0.748. The number of methoxy groups -OCH3 is 1. The van der Waals surface area contributed by atoms with Crippen LogP contribution < -0.4 is 9.47 Å². The lowest BCUT2D eigenvalue weighted by Gasteiger charge is -2.06. The second-order valence-corrected chi connectivity index (χ2v) is 4.03. The van der Waals surface area contributed by atoms with Gasteiger partial charge in [0.05, 0.1) is 19.9 Å². The van der Waals surface area contributed by atoms with Gasteiger partial charge in [0.2, 0.25) is 11.7 Å². The number of nitrogens with zero attached hydrogens (tertiary/aromatic N) is 3. The number of aromatic nitrogens is 3. The van der Waals surface area contributed by atoms with Crippen LogP contribution in [0.3, 0.4) is 0 Å². The molecular weight excluding hydrogens is 258 g/mol. The number of rotatable bonds is 6. The highest BCUT2D eigenvalue weighted by atomic mass is 16.5. The summed E-state index contributed by atoms with van der Waals surface area (Å²) in [4.78, 5) is 24.1. The molecule has 0 saturated heterocycles. The summed E-state index contributed by atoms with van der Waals surface area (Å²) in [5.41, 5.74) is 0.672. The van der Waals surface area contributed by atoms with Gasteiger partial charge in [-0.25, -0.2) is 9.97 Å². The fourth-order valence-electron chi connectivity index (χ4n) is 1.57. The Morgan fingerprint density at radius 2 is 2.10 bits per heavy atom. The maximum atomic E-state index is 12.3. The Morgan fingerprint density at radius 1 is 1.25 bits per heavy atom. The molecule has 104 valence electrons. The minimum atomic E-state index is -0.250. The van der Waals surface area contributed by atoms with Crippen molar-refractivity contribution in [2.45, 2.75) is 13.3 Å². The topological polar surface area (TPSA) is 74.2 Å². The van der Waals surface area contributed by atoms with E-state index in [0.29, 0.717) is 23.8 Å². The average Bonchev–Trinajstić information content (AvgIpc) is 2.52. The van der Waals surface area contributed by atoms with Gasteiger partial charge in [0.15, 0.2) is 0 Å². The van der Waals surface area contributed by atoms with Crippen molar-refractivity contribution < 1.29 is 14.3 Å². The Hall–Kier alpha value is -2.50. The van der Waals surface area contributed by atoms with E-state index >= 15 is 0 Å². The third-order valence-electron chi connectivity index (χ3n) is 2.53. The fraction of sp³-hybridized carbons (Fsp3) is 0.286. The number of pyridine rings is 1. The molecule has 0 radical (unpaired) electrons. The third-order valence-corrected chi connectivity index (χ3v) is 2.53. The Kier molecular flexibility index (Phi) is 4.60. The smallest absolute Gasteiger partial charge is 0.216 e. The molecule has 2 aromatic rings. The van der Waals surface area contributed by atoms with Crippen LogP contribution in [0, 0.1) is 0 Å². The van der Waals surface area contributed by atoms with Crippen LogP contribution in [0.4, 0.5) is 0 Å². The standard InChI is InChI=1S/C14H15N3O3/c1-3-4-20-11-5-10(7-15-8-11)14(18)12-6-13(19-2)17-9-16-12/h5-9H,3-4H2,1-2H3. The van der Waals surface area contributed by atoms with E-state index in [-0.39, 0.29) is 11.5 Å². The normalized spacial score (nSPS) is 10.1. The highest BCUT2D eigenvalue weighted by molar-refractivity contribution is 6.07. The largest absolute Gasteiger partial charge is 0.492 e. The first-order valence-corrected chi connectivity index (χ1v) is 6.23. The molecule has 0 amide bonds. The van der Waals surface area contributed by atoms with E-state index < -0.39 is 0 Å². The van der Waals surface area contributed by atoms with Crippen LogP contribution in [0.25, 0.3) is 0 Å².